The molecule has 6 N–H and O–H groups in total. The van der Waals surface area contributed by atoms with Crippen molar-refractivity contribution >= 4 is 23.6 Å². The number of benzene rings is 2. The fourth-order valence-corrected chi connectivity index (χ4v) is 5.41. The van der Waals surface area contributed by atoms with Crippen LogP contribution in [-0.4, -0.2) is 81.6 Å². The third-order valence-corrected chi connectivity index (χ3v) is 7.50. The van der Waals surface area contributed by atoms with Gasteiger partial charge in [-0.15, -0.1) is 0 Å². The molecule has 2 fully saturated rings. The number of nitrogens with two attached hydrogens (primary N) is 2. The molecule has 11 nitrogen and oxygen atoms in total. The smallest absolute Gasteiger partial charge is 0.246 e. The van der Waals surface area contributed by atoms with E-state index in [4.69, 9.17) is 16.2 Å². The Morgan fingerprint density at radius 3 is 2.30 bits per heavy atom. The first kappa shape index (κ1) is 29.0. The van der Waals surface area contributed by atoms with Crippen molar-refractivity contribution in [2.75, 3.05) is 13.2 Å². The van der Waals surface area contributed by atoms with Crippen molar-refractivity contribution in [2.45, 2.75) is 69.4 Å². The molecule has 2 aliphatic rings. The molecule has 2 aromatic carbocycles. The molecule has 0 aliphatic carbocycles. The highest BCUT2D eigenvalue weighted by Crippen LogP contribution is 2.29. The van der Waals surface area contributed by atoms with Crippen LogP contribution in [0.3, 0.4) is 0 Å². The number of carbonyl (C=O) groups excluding carboxylic acids is 4. The van der Waals surface area contributed by atoms with Crippen molar-refractivity contribution in [1.82, 2.24) is 15.1 Å². The zero-order valence-electron chi connectivity index (χ0n) is 22.8. The molecule has 0 aromatic heterocycles. The summed E-state index contributed by atoms with van der Waals surface area (Å²) in [5.74, 6) is -1.92. The van der Waals surface area contributed by atoms with Crippen LogP contribution in [0.2, 0.25) is 0 Å². The number of hydrogen-bond acceptors (Lipinski definition) is 7. The number of ether oxygens (including phenoxy) is 1. The molecule has 0 saturated carbocycles. The quantitative estimate of drug-likeness (QED) is 0.350. The summed E-state index contributed by atoms with van der Waals surface area (Å²) in [4.78, 5) is 55.6. The fourth-order valence-electron chi connectivity index (χ4n) is 5.41. The van der Waals surface area contributed by atoms with E-state index in [1.165, 1.54) is 21.9 Å². The molecule has 2 saturated heterocycles. The number of aromatic hydroxyl groups is 1. The number of primary amides is 1. The van der Waals surface area contributed by atoms with Crippen molar-refractivity contribution < 1.29 is 29.0 Å². The van der Waals surface area contributed by atoms with Crippen LogP contribution in [0, 0.1) is 0 Å². The Morgan fingerprint density at radius 1 is 1.00 bits per heavy atom. The van der Waals surface area contributed by atoms with Gasteiger partial charge in [-0.05, 0) is 56.4 Å². The average molecular weight is 552 g/mol. The number of nitrogens with zero attached hydrogens (tertiary/aromatic N) is 2. The minimum Gasteiger partial charge on any atom is -0.508 e. The Kier molecular flexibility index (Phi) is 8.75. The summed E-state index contributed by atoms with van der Waals surface area (Å²) in [6.07, 6.45) is 1.49. The largest absolute Gasteiger partial charge is 0.508 e. The first-order valence-corrected chi connectivity index (χ1v) is 13.4. The van der Waals surface area contributed by atoms with E-state index < -0.39 is 53.5 Å². The lowest BCUT2D eigenvalue weighted by molar-refractivity contribution is -0.151. The van der Waals surface area contributed by atoms with E-state index in [1.54, 1.807) is 26.0 Å². The monoisotopic (exact) mass is 551 g/mol. The van der Waals surface area contributed by atoms with E-state index in [2.05, 4.69) is 5.32 Å². The van der Waals surface area contributed by atoms with E-state index >= 15 is 0 Å². The Morgan fingerprint density at radius 2 is 1.65 bits per heavy atom. The lowest BCUT2D eigenvalue weighted by Gasteiger charge is -2.35. The van der Waals surface area contributed by atoms with Gasteiger partial charge in [-0.2, -0.15) is 0 Å². The number of carbonyl (C=O) groups is 4. The third kappa shape index (κ3) is 6.43. The van der Waals surface area contributed by atoms with Gasteiger partial charge in [0.05, 0.1) is 12.6 Å². The van der Waals surface area contributed by atoms with Crippen LogP contribution in [-0.2, 0) is 36.8 Å². The van der Waals surface area contributed by atoms with Crippen molar-refractivity contribution in [2.24, 2.45) is 11.5 Å². The third-order valence-electron chi connectivity index (χ3n) is 7.50. The zero-order chi connectivity index (χ0) is 29.0. The summed E-state index contributed by atoms with van der Waals surface area (Å²) in [6.45, 7) is 3.65. The maximum Gasteiger partial charge on any atom is 0.246 e. The number of rotatable bonds is 9. The first-order valence-electron chi connectivity index (χ1n) is 13.4. The second-order valence-electron chi connectivity index (χ2n) is 10.8. The predicted molar refractivity (Wildman–Crippen MR) is 146 cm³/mol. The van der Waals surface area contributed by atoms with E-state index in [-0.39, 0.29) is 25.2 Å². The van der Waals surface area contributed by atoms with Gasteiger partial charge in [-0.1, -0.05) is 42.5 Å². The maximum atomic E-state index is 13.7. The van der Waals surface area contributed by atoms with Gasteiger partial charge >= 0.3 is 0 Å². The van der Waals surface area contributed by atoms with Gasteiger partial charge < -0.3 is 31.5 Å². The SMILES string of the molecule is CC1(C)OC[C@@H](C(=O)N[C@H](Cc2ccccc2)C(=O)N2CCC[C@H]2C(N)=O)N1C(=O)[C@@H](N)Cc1ccc(O)cc1. The lowest BCUT2D eigenvalue weighted by Crippen LogP contribution is -2.60. The first-order chi connectivity index (χ1) is 19.0. The number of amides is 4. The van der Waals surface area contributed by atoms with Crippen LogP contribution in [0.15, 0.2) is 54.6 Å². The highest BCUT2D eigenvalue weighted by Gasteiger charge is 2.49. The van der Waals surface area contributed by atoms with Crippen LogP contribution in [0.4, 0.5) is 0 Å². The Bertz CT molecular complexity index is 1240. The van der Waals surface area contributed by atoms with Gasteiger partial charge in [0.2, 0.25) is 23.6 Å². The molecule has 4 rings (SSSR count). The van der Waals surface area contributed by atoms with Gasteiger partial charge in [0.25, 0.3) is 0 Å². The second-order valence-corrected chi connectivity index (χ2v) is 10.8. The summed E-state index contributed by atoms with van der Waals surface area (Å²) in [5, 5.41) is 12.4. The molecule has 0 unspecified atom stereocenters. The molecule has 2 heterocycles. The number of nitrogens with one attached hydrogen (secondary N) is 1. The highest BCUT2D eigenvalue weighted by atomic mass is 16.5. The minimum atomic E-state index is -1.11. The van der Waals surface area contributed by atoms with Gasteiger partial charge in [0.15, 0.2) is 0 Å². The van der Waals surface area contributed by atoms with E-state index in [1.807, 2.05) is 30.3 Å². The number of phenolic OH excluding ortho intramolecular Hbond substituents is 1. The van der Waals surface area contributed by atoms with E-state index in [0.717, 1.165) is 11.1 Å². The maximum absolute atomic E-state index is 13.7. The van der Waals surface area contributed by atoms with Crippen LogP contribution in [0.1, 0.15) is 37.8 Å². The van der Waals surface area contributed by atoms with Crippen molar-refractivity contribution in [3.05, 3.63) is 65.7 Å². The minimum absolute atomic E-state index is 0.0730. The average Bonchev–Trinajstić information content (AvgIpc) is 3.54. The molecule has 214 valence electrons. The number of likely N-dealkylation sites (tertiary alicyclic amines) is 1. The topological polar surface area (TPSA) is 168 Å². The second kappa shape index (κ2) is 12.1. The molecule has 2 aliphatic heterocycles. The molecule has 4 amide bonds. The van der Waals surface area contributed by atoms with Crippen molar-refractivity contribution in [1.29, 1.82) is 0 Å². The van der Waals surface area contributed by atoms with Crippen LogP contribution in [0.5, 0.6) is 5.75 Å². The van der Waals surface area contributed by atoms with Gasteiger partial charge in [-0.3, -0.25) is 24.1 Å². The zero-order valence-corrected chi connectivity index (χ0v) is 22.8. The summed E-state index contributed by atoms with van der Waals surface area (Å²) in [6, 6.07) is 11.9. The van der Waals surface area contributed by atoms with Crippen molar-refractivity contribution in [3.8, 4) is 5.75 Å². The van der Waals surface area contributed by atoms with Crippen LogP contribution < -0.4 is 16.8 Å². The van der Waals surface area contributed by atoms with E-state index in [0.29, 0.717) is 19.4 Å². The summed E-state index contributed by atoms with van der Waals surface area (Å²) >= 11 is 0. The number of hydrogen-bond donors (Lipinski definition) is 4. The summed E-state index contributed by atoms with van der Waals surface area (Å²) in [5.41, 5.74) is 12.3. The van der Waals surface area contributed by atoms with Crippen LogP contribution in [0.25, 0.3) is 0 Å². The highest BCUT2D eigenvalue weighted by molar-refractivity contribution is 5.95. The van der Waals surface area contributed by atoms with Crippen molar-refractivity contribution in [3.63, 3.8) is 0 Å². The lowest BCUT2D eigenvalue weighted by atomic mass is 10.0. The Labute approximate surface area is 233 Å². The van der Waals surface area contributed by atoms with Gasteiger partial charge in [0.1, 0.15) is 29.6 Å². The Balaban J connectivity index is 1.54. The molecule has 11 heteroatoms. The van der Waals surface area contributed by atoms with E-state index in [9.17, 15) is 24.3 Å². The summed E-state index contributed by atoms with van der Waals surface area (Å²) < 4.78 is 5.83. The molecular weight excluding hydrogens is 514 g/mol. The molecule has 0 spiro atoms. The molecule has 2 aromatic rings. The predicted octanol–water partition coefficient (Wildman–Crippen LogP) is 0.429. The Hall–Kier alpha value is -3.96. The van der Waals surface area contributed by atoms with Gasteiger partial charge in [0, 0.05) is 13.0 Å². The van der Waals surface area contributed by atoms with Gasteiger partial charge in [-0.25, -0.2) is 0 Å². The molecule has 4 atom stereocenters. The summed E-state index contributed by atoms with van der Waals surface area (Å²) in [7, 11) is 0. The normalized spacial score (nSPS) is 21.6. The number of phenols is 1. The molecule has 0 radical (unpaired) electrons. The standard InChI is InChI=1S/C29H37N5O6/c1-29(2)34(27(38)21(30)15-19-10-12-20(35)13-11-19)24(17-40-29)26(37)32-22(16-18-7-4-3-5-8-18)28(39)33-14-6-9-23(33)25(31)36/h3-5,7-8,10-13,21-24,35H,6,9,14-17,30H2,1-2H3,(H2,31,36)(H,32,37)/t21-,22+,23-,24-/m0/s1. The van der Waals surface area contributed by atoms with Crippen LogP contribution >= 0.6 is 0 Å². The molecule has 0 bridgehead atoms. The fraction of sp³-hybridized carbons (Fsp3) is 0.448. The molecule has 40 heavy (non-hydrogen) atoms. The molecular formula is C29H37N5O6.